The molecule has 0 N–H and O–H groups in total. The van der Waals surface area contributed by atoms with Crippen molar-refractivity contribution in [3.63, 3.8) is 0 Å². The number of ether oxygens (including phenoxy) is 1. The largest absolute Gasteiger partial charge is 0.496 e. The Bertz CT molecular complexity index is 1170. The quantitative estimate of drug-likeness (QED) is 0.246. The van der Waals surface area contributed by atoms with Gasteiger partial charge in [0.1, 0.15) is 5.75 Å². The fourth-order valence-electron chi connectivity index (χ4n) is 3.46. The number of methoxy groups -OCH3 is 1. The van der Waals surface area contributed by atoms with Gasteiger partial charge in [0.15, 0.2) is 0 Å². The molecule has 5 heteroatoms. The summed E-state index contributed by atoms with van der Waals surface area (Å²) in [6, 6.07) is 20.2. The number of hydrogen-bond acceptors (Lipinski definition) is 3. The number of rotatable bonds is 3. The second kappa shape index (κ2) is 6.32. The molecule has 0 fully saturated rings. The van der Waals surface area contributed by atoms with Crippen LogP contribution in [0.15, 0.2) is 66.7 Å². The van der Waals surface area contributed by atoms with E-state index in [1.807, 2.05) is 42.5 Å². The minimum Gasteiger partial charge on any atom is -0.496 e. The maximum Gasteiger partial charge on any atom is 0.285 e. The summed E-state index contributed by atoms with van der Waals surface area (Å²) in [7, 11) is 1.54. The number of nitro benzene ring substituents is 1. The van der Waals surface area contributed by atoms with Crippen LogP contribution in [-0.4, -0.2) is 12.0 Å². The van der Waals surface area contributed by atoms with Crippen LogP contribution in [-0.2, 0) is 0 Å². The molecular weight excluding hydrogens is 350 g/mol. The first-order chi connectivity index (χ1) is 12.6. The maximum atomic E-state index is 12.1. The van der Waals surface area contributed by atoms with Gasteiger partial charge in [-0.05, 0) is 40.4 Å². The van der Waals surface area contributed by atoms with E-state index in [2.05, 4.69) is 0 Å². The average molecular weight is 364 g/mol. The molecule has 0 unspecified atom stereocenters. The summed E-state index contributed by atoms with van der Waals surface area (Å²) >= 11 is 6.20. The zero-order valence-corrected chi connectivity index (χ0v) is 14.7. The lowest BCUT2D eigenvalue weighted by atomic mass is 9.91. The molecule has 0 radical (unpaired) electrons. The zero-order chi connectivity index (χ0) is 18.3. The lowest BCUT2D eigenvalue weighted by Crippen LogP contribution is -1.97. The third kappa shape index (κ3) is 2.47. The molecule has 26 heavy (non-hydrogen) atoms. The van der Waals surface area contributed by atoms with E-state index in [1.165, 1.54) is 0 Å². The van der Waals surface area contributed by atoms with Crippen LogP contribution in [0.25, 0.3) is 32.7 Å². The van der Waals surface area contributed by atoms with Crippen LogP contribution in [0.3, 0.4) is 0 Å². The molecule has 0 heterocycles. The predicted molar refractivity (Wildman–Crippen MR) is 105 cm³/mol. The van der Waals surface area contributed by atoms with Crippen molar-refractivity contribution >= 4 is 38.8 Å². The van der Waals surface area contributed by atoms with E-state index in [-0.39, 0.29) is 10.6 Å². The van der Waals surface area contributed by atoms with Crippen molar-refractivity contribution in [3.8, 4) is 16.9 Å². The molecule has 0 spiro atoms. The van der Waals surface area contributed by atoms with Gasteiger partial charge in [-0.1, -0.05) is 54.1 Å². The molecule has 0 aliphatic rings. The lowest BCUT2D eigenvalue weighted by molar-refractivity contribution is -0.382. The summed E-state index contributed by atoms with van der Waals surface area (Å²) < 4.78 is 5.47. The third-order valence-electron chi connectivity index (χ3n) is 4.52. The summed E-state index contributed by atoms with van der Waals surface area (Å²) in [6.07, 6.45) is 0. The SMILES string of the molecule is COc1ccc(Cl)cc1-c1c([N+](=O)[O-])c2ccccc2c2ccccc12. The minimum atomic E-state index is -0.329. The Hall–Kier alpha value is -3.11. The van der Waals surface area contributed by atoms with Gasteiger partial charge in [-0.25, -0.2) is 0 Å². The first kappa shape index (κ1) is 16.4. The van der Waals surface area contributed by atoms with Crippen LogP contribution in [0, 0.1) is 10.1 Å². The van der Waals surface area contributed by atoms with E-state index in [4.69, 9.17) is 16.3 Å². The molecule has 4 aromatic rings. The number of hydrogen-bond donors (Lipinski definition) is 0. The molecule has 4 nitrogen and oxygen atoms in total. The van der Waals surface area contributed by atoms with E-state index in [0.29, 0.717) is 27.3 Å². The average Bonchev–Trinajstić information content (AvgIpc) is 2.66. The summed E-state index contributed by atoms with van der Waals surface area (Å²) in [5, 5.41) is 15.7. The molecule has 0 saturated heterocycles. The molecule has 0 aromatic heterocycles. The molecule has 0 bridgehead atoms. The van der Waals surface area contributed by atoms with Gasteiger partial charge in [0.05, 0.1) is 23.0 Å². The predicted octanol–water partition coefficient (Wildman–Crippen LogP) is 6.23. The minimum absolute atomic E-state index is 0.0554. The summed E-state index contributed by atoms with van der Waals surface area (Å²) in [5.74, 6) is 0.540. The van der Waals surface area contributed by atoms with Gasteiger partial charge < -0.3 is 4.74 Å². The summed E-state index contributed by atoms with van der Waals surface area (Å²) in [6.45, 7) is 0. The first-order valence-electron chi connectivity index (χ1n) is 8.03. The molecule has 0 amide bonds. The molecule has 128 valence electrons. The van der Waals surface area contributed by atoms with Crippen molar-refractivity contribution in [1.82, 2.24) is 0 Å². The van der Waals surface area contributed by atoms with Gasteiger partial charge in [-0.15, -0.1) is 0 Å². The summed E-state index contributed by atoms with van der Waals surface area (Å²) in [5.41, 5.74) is 1.18. The van der Waals surface area contributed by atoms with E-state index < -0.39 is 0 Å². The topological polar surface area (TPSA) is 52.4 Å². The van der Waals surface area contributed by atoms with E-state index >= 15 is 0 Å². The number of halogens is 1. The standard InChI is InChI=1S/C21H14ClNO3/c1-26-19-11-10-13(22)12-18(19)20-16-8-4-2-6-14(16)15-7-3-5-9-17(15)21(20)23(24)25/h2-12H,1H3. The fraction of sp³-hybridized carbons (Fsp3) is 0.0476. The fourth-order valence-corrected chi connectivity index (χ4v) is 3.63. The highest BCUT2D eigenvalue weighted by molar-refractivity contribution is 6.31. The molecule has 0 aliphatic heterocycles. The number of nitrogens with zero attached hydrogens (tertiary/aromatic N) is 1. The first-order valence-corrected chi connectivity index (χ1v) is 8.41. The van der Waals surface area contributed by atoms with E-state index in [9.17, 15) is 10.1 Å². The lowest BCUT2D eigenvalue weighted by Gasteiger charge is -2.15. The third-order valence-corrected chi connectivity index (χ3v) is 4.75. The molecule has 0 saturated carbocycles. The van der Waals surface area contributed by atoms with Gasteiger partial charge in [0.25, 0.3) is 5.69 Å². The van der Waals surface area contributed by atoms with Crippen molar-refractivity contribution in [3.05, 3.63) is 81.9 Å². The van der Waals surface area contributed by atoms with Gasteiger partial charge in [0.2, 0.25) is 0 Å². The van der Waals surface area contributed by atoms with Crippen molar-refractivity contribution in [1.29, 1.82) is 0 Å². The highest BCUT2D eigenvalue weighted by Crippen LogP contribution is 2.46. The van der Waals surface area contributed by atoms with Crippen LogP contribution in [0.5, 0.6) is 5.75 Å². The van der Waals surface area contributed by atoms with Crippen molar-refractivity contribution in [2.45, 2.75) is 0 Å². The molecule has 4 rings (SSSR count). The van der Waals surface area contributed by atoms with Crippen LogP contribution >= 0.6 is 11.6 Å². The van der Waals surface area contributed by atoms with Crippen LogP contribution in [0.1, 0.15) is 0 Å². The highest BCUT2D eigenvalue weighted by Gasteiger charge is 2.26. The Balaban J connectivity index is 2.30. The Kier molecular flexibility index (Phi) is 3.98. The van der Waals surface area contributed by atoms with Gasteiger partial charge in [0, 0.05) is 10.6 Å². The Morgan fingerprint density at radius 1 is 0.885 bits per heavy atom. The van der Waals surface area contributed by atoms with Gasteiger partial charge in [-0.2, -0.15) is 0 Å². The van der Waals surface area contributed by atoms with E-state index in [1.54, 1.807) is 31.4 Å². The smallest absolute Gasteiger partial charge is 0.285 e. The highest BCUT2D eigenvalue weighted by atomic mass is 35.5. The Morgan fingerprint density at radius 3 is 2.08 bits per heavy atom. The van der Waals surface area contributed by atoms with Crippen LogP contribution < -0.4 is 4.74 Å². The van der Waals surface area contributed by atoms with Crippen molar-refractivity contribution in [2.24, 2.45) is 0 Å². The summed E-state index contributed by atoms with van der Waals surface area (Å²) in [4.78, 5) is 11.7. The Labute approximate surface area is 154 Å². The zero-order valence-electron chi connectivity index (χ0n) is 13.9. The normalized spacial score (nSPS) is 11.0. The van der Waals surface area contributed by atoms with Crippen molar-refractivity contribution in [2.75, 3.05) is 7.11 Å². The number of nitro groups is 1. The molecular formula is C21H14ClNO3. The Morgan fingerprint density at radius 2 is 1.46 bits per heavy atom. The molecule has 0 aliphatic carbocycles. The number of benzene rings is 4. The van der Waals surface area contributed by atoms with Crippen molar-refractivity contribution < 1.29 is 9.66 Å². The van der Waals surface area contributed by atoms with Gasteiger partial charge in [-0.3, -0.25) is 10.1 Å². The maximum absolute atomic E-state index is 12.1. The van der Waals surface area contributed by atoms with Gasteiger partial charge >= 0.3 is 0 Å². The second-order valence-corrected chi connectivity index (χ2v) is 6.35. The van der Waals surface area contributed by atoms with E-state index in [0.717, 1.165) is 16.2 Å². The van der Waals surface area contributed by atoms with Crippen LogP contribution in [0.4, 0.5) is 5.69 Å². The second-order valence-electron chi connectivity index (χ2n) is 5.92. The molecule has 4 aromatic carbocycles. The van der Waals surface area contributed by atoms with Crippen LogP contribution in [0.2, 0.25) is 5.02 Å². The monoisotopic (exact) mass is 363 g/mol. The number of fused-ring (bicyclic) bond motifs is 3. The molecule has 0 atom stereocenters.